The molecule has 0 spiro atoms. The van der Waals surface area contributed by atoms with E-state index in [0.29, 0.717) is 0 Å². The number of phenolic OH excluding ortho intramolecular Hbond substituents is 2. The van der Waals surface area contributed by atoms with E-state index in [2.05, 4.69) is 4.74 Å². The van der Waals surface area contributed by atoms with Gasteiger partial charge in [0.2, 0.25) is 23.6 Å². The number of rotatable bonds is 8. The predicted molar refractivity (Wildman–Crippen MR) is 139 cm³/mol. The summed E-state index contributed by atoms with van der Waals surface area (Å²) in [5, 5.41) is 31.2. The fraction of sp³-hybridized carbons (Fsp3) is 0.407. The van der Waals surface area contributed by atoms with E-state index in [4.69, 9.17) is 28.4 Å². The minimum absolute atomic E-state index is 0.198. The summed E-state index contributed by atoms with van der Waals surface area (Å²) in [5.74, 6) is -8.08. The molecule has 43 heavy (non-hydrogen) atoms. The number of phenols is 2. The first kappa shape index (κ1) is 32.4. The summed E-state index contributed by atoms with van der Waals surface area (Å²) >= 11 is 0. The number of benzene rings is 1. The van der Waals surface area contributed by atoms with Gasteiger partial charge in [0, 0.05) is 33.8 Å². The highest BCUT2D eigenvalue weighted by Crippen LogP contribution is 2.45. The minimum atomic E-state index is -1.80. The zero-order chi connectivity index (χ0) is 32.2. The third kappa shape index (κ3) is 7.40. The summed E-state index contributed by atoms with van der Waals surface area (Å²) in [6.07, 6.45) is -7.96. The molecule has 3 rings (SSSR count). The molecule has 2 aromatic carbocycles. The highest BCUT2D eigenvalue weighted by Gasteiger charge is 2.53. The molecule has 3 N–H and O–H groups in total. The van der Waals surface area contributed by atoms with Crippen molar-refractivity contribution in [3.8, 4) is 23.0 Å². The lowest BCUT2D eigenvalue weighted by Crippen LogP contribution is -2.63. The number of carbonyl (C=O) groups excluding carboxylic acids is 5. The zero-order valence-electron chi connectivity index (χ0n) is 23.5. The van der Waals surface area contributed by atoms with E-state index < -0.39 is 101 Å². The largest absolute Gasteiger partial charge is 0.504 e. The lowest BCUT2D eigenvalue weighted by molar-refractivity contribution is -0.288. The summed E-state index contributed by atoms with van der Waals surface area (Å²) < 4.78 is 37.1. The van der Waals surface area contributed by atoms with Crippen LogP contribution in [0.3, 0.4) is 0 Å². The van der Waals surface area contributed by atoms with E-state index in [1.54, 1.807) is 0 Å². The number of methoxy groups -OCH3 is 1. The molecule has 1 heterocycles. The van der Waals surface area contributed by atoms with Gasteiger partial charge in [-0.2, -0.15) is 0 Å². The summed E-state index contributed by atoms with van der Waals surface area (Å²) in [6.45, 7) is 3.59. The lowest BCUT2D eigenvalue weighted by atomic mass is 9.98. The van der Waals surface area contributed by atoms with Crippen LogP contribution in [0, 0.1) is 0 Å². The van der Waals surface area contributed by atoms with Crippen LogP contribution in [0.25, 0.3) is 10.8 Å². The Morgan fingerprint density at radius 2 is 1.35 bits per heavy atom. The van der Waals surface area contributed by atoms with Crippen LogP contribution >= 0.6 is 0 Å². The molecular formula is C27H28O16. The quantitative estimate of drug-likeness (QED) is 0.211. The second kappa shape index (κ2) is 13.2. The molecule has 5 atom stereocenters. The first-order chi connectivity index (χ1) is 20.1. The van der Waals surface area contributed by atoms with Crippen LogP contribution in [0.4, 0.5) is 0 Å². The molecule has 0 radical (unpaired) electrons. The van der Waals surface area contributed by atoms with Gasteiger partial charge in [0.05, 0.1) is 18.1 Å². The molecule has 0 aromatic heterocycles. The smallest absolute Gasteiger partial charge is 0.338 e. The number of hydrogen-bond acceptors (Lipinski definition) is 16. The Bertz CT molecular complexity index is 1520. The maximum absolute atomic E-state index is 12.4. The number of aromatic hydroxyl groups is 3. The van der Waals surface area contributed by atoms with Crippen molar-refractivity contribution >= 4 is 40.6 Å². The van der Waals surface area contributed by atoms with Crippen molar-refractivity contribution in [2.24, 2.45) is 0 Å². The Morgan fingerprint density at radius 3 is 1.91 bits per heavy atom. The molecule has 2 aromatic rings. The maximum Gasteiger partial charge on any atom is 0.338 e. The van der Waals surface area contributed by atoms with Crippen LogP contribution in [0.2, 0.25) is 0 Å². The standard InChI is InChI=1S/C27H28O16/c1-10(28)38-9-18-23(39-11(2)29)24(40-12(3)30)25(41-13(4)31)27(43-18)42-17-8-14-6-15(26(36)37-5)7-16(32)20(33)19(14)22(35)21(17)34/h6-8,18,23-25,27,34-35H,9H2,1-5H3,(H,32,33)/t18-,23+,24+,25-,27-/m1/s1. The zero-order valence-corrected chi connectivity index (χ0v) is 23.5. The second-order valence-corrected chi connectivity index (χ2v) is 9.17. The van der Waals surface area contributed by atoms with Gasteiger partial charge in [-0.25, -0.2) is 4.79 Å². The molecule has 16 heteroatoms. The molecule has 0 aliphatic carbocycles. The minimum Gasteiger partial charge on any atom is -0.504 e. The Morgan fingerprint density at radius 1 is 0.767 bits per heavy atom. The Labute approximate surface area is 242 Å². The lowest BCUT2D eigenvalue weighted by Gasteiger charge is -2.43. The first-order valence-corrected chi connectivity index (χ1v) is 12.5. The van der Waals surface area contributed by atoms with Crippen LogP contribution in [0.5, 0.6) is 23.0 Å². The normalized spacial score (nSPS) is 21.3. The van der Waals surface area contributed by atoms with Gasteiger partial charge in [-0.3, -0.25) is 24.0 Å². The number of fused-ring (bicyclic) bond motifs is 1. The van der Waals surface area contributed by atoms with E-state index in [-0.39, 0.29) is 10.9 Å². The van der Waals surface area contributed by atoms with Gasteiger partial charge < -0.3 is 48.5 Å². The van der Waals surface area contributed by atoms with Crippen molar-refractivity contribution in [2.45, 2.75) is 58.4 Å². The Kier molecular flexibility index (Phi) is 9.98. The fourth-order valence-electron chi connectivity index (χ4n) is 4.29. The van der Waals surface area contributed by atoms with Crippen molar-refractivity contribution in [3.05, 3.63) is 34.0 Å². The highest BCUT2D eigenvalue weighted by atomic mass is 16.7. The fourth-order valence-corrected chi connectivity index (χ4v) is 4.29. The molecule has 1 saturated heterocycles. The molecule has 1 aliphatic heterocycles. The Balaban J connectivity index is 2.21. The SMILES string of the molecule is COC(=O)c1cc(=O)c(O)c2c(O)c(O)c(O[C@@H]3O[C@H](COC(C)=O)[C@H](OC(C)=O)[C@H](OC(C)=O)[C@H]3OC(C)=O)cc2c1. The van der Waals surface area contributed by atoms with Crippen molar-refractivity contribution < 1.29 is 72.5 Å². The number of ether oxygens (including phenoxy) is 7. The molecule has 0 saturated carbocycles. The first-order valence-electron chi connectivity index (χ1n) is 12.5. The van der Waals surface area contributed by atoms with Gasteiger partial charge >= 0.3 is 29.8 Å². The number of carbonyl (C=O) groups is 5. The van der Waals surface area contributed by atoms with Crippen molar-refractivity contribution in [3.63, 3.8) is 0 Å². The molecular weight excluding hydrogens is 580 g/mol. The van der Waals surface area contributed by atoms with Gasteiger partial charge in [-0.15, -0.1) is 0 Å². The van der Waals surface area contributed by atoms with Crippen LogP contribution in [0.15, 0.2) is 23.0 Å². The second-order valence-electron chi connectivity index (χ2n) is 9.17. The van der Waals surface area contributed by atoms with Crippen molar-refractivity contribution in [1.82, 2.24) is 0 Å². The maximum atomic E-state index is 12.4. The molecule has 16 nitrogen and oxygen atoms in total. The average molecular weight is 609 g/mol. The van der Waals surface area contributed by atoms with Crippen LogP contribution in [-0.4, -0.2) is 89.6 Å². The third-order valence-corrected chi connectivity index (χ3v) is 5.95. The van der Waals surface area contributed by atoms with Gasteiger partial charge in [-0.05, 0) is 17.5 Å². The van der Waals surface area contributed by atoms with Gasteiger partial charge in [0.25, 0.3) is 0 Å². The topological polar surface area (TPSA) is 228 Å². The molecule has 0 unspecified atom stereocenters. The van der Waals surface area contributed by atoms with Crippen molar-refractivity contribution in [2.75, 3.05) is 13.7 Å². The monoisotopic (exact) mass is 608 g/mol. The molecule has 232 valence electrons. The highest BCUT2D eigenvalue weighted by molar-refractivity contribution is 6.00. The van der Waals surface area contributed by atoms with E-state index in [1.807, 2.05) is 0 Å². The third-order valence-electron chi connectivity index (χ3n) is 5.95. The van der Waals surface area contributed by atoms with Gasteiger partial charge in [-0.1, -0.05) is 0 Å². The summed E-state index contributed by atoms with van der Waals surface area (Å²) in [6, 6.07) is 2.81. The molecule has 1 aliphatic rings. The summed E-state index contributed by atoms with van der Waals surface area (Å²) in [4.78, 5) is 72.1. The van der Waals surface area contributed by atoms with Crippen LogP contribution in [-0.2, 0) is 47.6 Å². The van der Waals surface area contributed by atoms with E-state index in [1.165, 1.54) is 0 Å². The van der Waals surface area contributed by atoms with E-state index >= 15 is 0 Å². The van der Waals surface area contributed by atoms with Gasteiger partial charge in [0.15, 0.2) is 29.5 Å². The van der Waals surface area contributed by atoms with Crippen LogP contribution < -0.4 is 10.2 Å². The molecule has 0 amide bonds. The summed E-state index contributed by atoms with van der Waals surface area (Å²) in [5.41, 5.74) is -1.42. The number of hydrogen-bond donors (Lipinski definition) is 3. The van der Waals surface area contributed by atoms with E-state index in [0.717, 1.165) is 53.0 Å². The molecule has 0 bridgehead atoms. The van der Waals surface area contributed by atoms with Crippen molar-refractivity contribution in [1.29, 1.82) is 0 Å². The number of esters is 5. The average Bonchev–Trinajstić information content (AvgIpc) is 3.03. The predicted octanol–water partition coefficient (Wildman–Crippen LogP) is 0.565. The Hall–Kier alpha value is -5.12. The van der Waals surface area contributed by atoms with Crippen LogP contribution in [0.1, 0.15) is 38.1 Å². The van der Waals surface area contributed by atoms with E-state index in [9.17, 15) is 44.1 Å². The summed E-state index contributed by atoms with van der Waals surface area (Å²) in [7, 11) is 1.05. The molecule has 1 fully saturated rings. The van der Waals surface area contributed by atoms with Gasteiger partial charge in [0.1, 0.15) is 12.7 Å².